The standard InChI is InChI=1S/C10H15BrN2O2/c1-8-9(11)2-3-10(14)13(8)5-7-15-6-4-12/h2-3H,4-7,12H2,1H3. The van der Waals surface area contributed by atoms with E-state index in [1.807, 2.05) is 6.92 Å². The fourth-order valence-corrected chi connectivity index (χ4v) is 1.61. The van der Waals surface area contributed by atoms with Gasteiger partial charge in [0, 0.05) is 29.3 Å². The molecule has 84 valence electrons. The fourth-order valence-electron chi connectivity index (χ4n) is 1.27. The third-order valence-electron chi connectivity index (χ3n) is 2.11. The van der Waals surface area contributed by atoms with Gasteiger partial charge in [-0.25, -0.2) is 0 Å². The van der Waals surface area contributed by atoms with E-state index in [4.69, 9.17) is 10.5 Å². The van der Waals surface area contributed by atoms with E-state index in [2.05, 4.69) is 15.9 Å². The van der Waals surface area contributed by atoms with Crippen molar-refractivity contribution >= 4 is 15.9 Å². The number of pyridine rings is 1. The highest BCUT2D eigenvalue weighted by atomic mass is 79.9. The van der Waals surface area contributed by atoms with Crippen LogP contribution in [-0.2, 0) is 11.3 Å². The van der Waals surface area contributed by atoms with Gasteiger partial charge < -0.3 is 15.0 Å². The van der Waals surface area contributed by atoms with Crippen LogP contribution < -0.4 is 11.3 Å². The molecule has 0 aliphatic carbocycles. The highest BCUT2D eigenvalue weighted by molar-refractivity contribution is 9.10. The van der Waals surface area contributed by atoms with E-state index in [9.17, 15) is 4.79 Å². The van der Waals surface area contributed by atoms with Crippen molar-refractivity contribution in [3.05, 3.63) is 32.7 Å². The molecule has 1 rings (SSSR count). The maximum atomic E-state index is 11.5. The first-order chi connectivity index (χ1) is 7.16. The zero-order valence-electron chi connectivity index (χ0n) is 8.70. The summed E-state index contributed by atoms with van der Waals surface area (Å²) in [5.41, 5.74) is 6.20. The zero-order chi connectivity index (χ0) is 11.3. The number of ether oxygens (including phenoxy) is 1. The van der Waals surface area contributed by atoms with Crippen LogP contribution in [-0.4, -0.2) is 24.3 Å². The van der Waals surface area contributed by atoms with Crippen LogP contribution in [0.2, 0.25) is 0 Å². The molecule has 0 fully saturated rings. The van der Waals surface area contributed by atoms with Crippen molar-refractivity contribution in [2.24, 2.45) is 5.73 Å². The maximum Gasteiger partial charge on any atom is 0.250 e. The Hall–Kier alpha value is -0.650. The summed E-state index contributed by atoms with van der Waals surface area (Å²) >= 11 is 3.38. The molecule has 0 aliphatic rings. The van der Waals surface area contributed by atoms with Crippen molar-refractivity contribution in [1.29, 1.82) is 0 Å². The van der Waals surface area contributed by atoms with Crippen molar-refractivity contribution in [3.8, 4) is 0 Å². The van der Waals surface area contributed by atoms with Gasteiger partial charge in [0.05, 0.1) is 13.2 Å². The SMILES string of the molecule is Cc1c(Br)ccc(=O)n1CCOCCN. The summed E-state index contributed by atoms with van der Waals surface area (Å²) in [6, 6.07) is 3.30. The van der Waals surface area contributed by atoms with Crippen molar-refractivity contribution < 1.29 is 4.74 Å². The van der Waals surface area contributed by atoms with Crippen LogP contribution in [0.3, 0.4) is 0 Å². The fraction of sp³-hybridized carbons (Fsp3) is 0.500. The number of nitrogens with zero attached hydrogens (tertiary/aromatic N) is 1. The van der Waals surface area contributed by atoms with Gasteiger partial charge in [-0.2, -0.15) is 0 Å². The Morgan fingerprint density at radius 1 is 1.47 bits per heavy atom. The molecule has 15 heavy (non-hydrogen) atoms. The van der Waals surface area contributed by atoms with Crippen molar-refractivity contribution in [2.75, 3.05) is 19.8 Å². The lowest BCUT2D eigenvalue weighted by Crippen LogP contribution is -2.24. The van der Waals surface area contributed by atoms with E-state index >= 15 is 0 Å². The van der Waals surface area contributed by atoms with Gasteiger partial charge in [-0.1, -0.05) is 0 Å². The first kappa shape index (κ1) is 12.4. The van der Waals surface area contributed by atoms with Gasteiger partial charge in [0.25, 0.3) is 5.56 Å². The maximum absolute atomic E-state index is 11.5. The first-order valence-electron chi connectivity index (χ1n) is 4.80. The van der Waals surface area contributed by atoms with Gasteiger partial charge in [0.15, 0.2) is 0 Å². The van der Waals surface area contributed by atoms with Crippen molar-refractivity contribution in [1.82, 2.24) is 4.57 Å². The Morgan fingerprint density at radius 2 is 2.20 bits per heavy atom. The number of hydrogen-bond acceptors (Lipinski definition) is 3. The second kappa shape index (κ2) is 6.05. The van der Waals surface area contributed by atoms with Crippen LogP contribution in [0.5, 0.6) is 0 Å². The number of aromatic nitrogens is 1. The highest BCUT2D eigenvalue weighted by Gasteiger charge is 2.03. The van der Waals surface area contributed by atoms with E-state index in [-0.39, 0.29) is 5.56 Å². The molecular weight excluding hydrogens is 260 g/mol. The molecule has 4 nitrogen and oxygen atoms in total. The second-order valence-electron chi connectivity index (χ2n) is 3.16. The normalized spacial score (nSPS) is 10.6. The number of hydrogen-bond donors (Lipinski definition) is 1. The Labute approximate surface area is 97.2 Å². The van der Waals surface area contributed by atoms with Crippen LogP contribution in [0.1, 0.15) is 5.69 Å². The molecule has 0 saturated carbocycles. The number of nitrogens with two attached hydrogens (primary N) is 1. The Morgan fingerprint density at radius 3 is 2.87 bits per heavy atom. The zero-order valence-corrected chi connectivity index (χ0v) is 10.3. The molecule has 0 spiro atoms. The minimum Gasteiger partial charge on any atom is -0.378 e. The van der Waals surface area contributed by atoms with Crippen LogP contribution in [0.4, 0.5) is 0 Å². The number of rotatable bonds is 5. The van der Waals surface area contributed by atoms with E-state index in [0.717, 1.165) is 10.2 Å². The summed E-state index contributed by atoms with van der Waals surface area (Å²) in [5, 5.41) is 0. The van der Waals surface area contributed by atoms with Crippen molar-refractivity contribution in [3.63, 3.8) is 0 Å². The topological polar surface area (TPSA) is 57.2 Å². The molecular formula is C10H15BrN2O2. The summed E-state index contributed by atoms with van der Waals surface area (Å²) < 4.78 is 7.85. The summed E-state index contributed by atoms with van der Waals surface area (Å²) in [7, 11) is 0. The Balaban J connectivity index is 2.68. The van der Waals surface area contributed by atoms with E-state index in [1.54, 1.807) is 16.7 Å². The molecule has 0 unspecified atom stereocenters. The average molecular weight is 275 g/mol. The van der Waals surface area contributed by atoms with E-state index < -0.39 is 0 Å². The summed E-state index contributed by atoms with van der Waals surface area (Å²) in [4.78, 5) is 11.5. The van der Waals surface area contributed by atoms with Crippen LogP contribution >= 0.6 is 15.9 Å². The third kappa shape index (κ3) is 3.44. The van der Waals surface area contributed by atoms with Gasteiger partial charge in [-0.05, 0) is 28.9 Å². The Bertz CT molecular complexity index is 376. The lowest BCUT2D eigenvalue weighted by Gasteiger charge is -2.10. The minimum atomic E-state index is -0.00736. The smallest absolute Gasteiger partial charge is 0.250 e. The molecule has 5 heteroatoms. The summed E-state index contributed by atoms with van der Waals surface area (Å²) in [5.74, 6) is 0. The molecule has 0 bridgehead atoms. The highest BCUT2D eigenvalue weighted by Crippen LogP contribution is 2.12. The summed E-state index contributed by atoms with van der Waals surface area (Å²) in [6.45, 7) is 4.00. The van der Waals surface area contributed by atoms with Gasteiger partial charge in [-0.3, -0.25) is 4.79 Å². The van der Waals surface area contributed by atoms with Crippen LogP contribution in [0.15, 0.2) is 21.4 Å². The predicted octanol–water partition coefficient (Wildman–Crippen LogP) is 0.895. The van der Waals surface area contributed by atoms with E-state index in [1.165, 1.54) is 0 Å². The summed E-state index contributed by atoms with van der Waals surface area (Å²) in [6.07, 6.45) is 0. The minimum absolute atomic E-state index is 0.00736. The van der Waals surface area contributed by atoms with Crippen LogP contribution in [0.25, 0.3) is 0 Å². The van der Waals surface area contributed by atoms with Crippen LogP contribution in [0, 0.1) is 6.92 Å². The molecule has 0 aliphatic heterocycles. The molecule has 1 aromatic heterocycles. The van der Waals surface area contributed by atoms with Gasteiger partial charge in [0.1, 0.15) is 0 Å². The molecule has 2 N–H and O–H groups in total. The molecule has 0 radical (unpaired) electrons. The molecule has 1 aromatic rings. The van der Waals surface area contributed by atoms with Crippen molar-refractivity contribution in [2.45, 2.75) is 13.5 Å². The van der Waals surface area contributed by atoms with Gasteiger partial charge in [-0.15, -0.1) is 0 Å². The monoisotopic (exact) mass is 274 g/mol. The van der Waals surface area contributed by atoms with Gasteiger partial charge >= 0.3 is 0 Å². The quantitative estimate of drug-likeness (QED) is 0.812. The second-order valence-corrected chi connectivity index (χ2v) is 4.01. The molecule has 1 heterocycles. The third-order valence-corrected chi connectivity index (χ3v) is 2.95. The van der Waals surface area contributed by atoms with E-state index in [0.29, 0.717) is 26.3 Å². The predicted molar refractivity (Wildman–Crippen MR) is 63.0 cm³/mol. The molecule has 0 saturated heterocycles. The molecule has 0 atom stereocenters. The first-order valence-corrected chi connectivity index (χ1v) is 5.60. The average Bonchev–Trinajstić information content (AvgIpc) is 2.23. The largest absolute Gasteiger partial charge is 0.378 e. The lowest BCUT2D eigenvalue weighted by atomic mass is 10.3. The lowest BCUT2D eigenvalue weighted by molar-refractivity contribution is 0.132. The van der Waals surface area contributed by atoms with Gasteiger partial charge in [0.2, 0.25) is 0 Å². The molecule has 0 amide bonds. The molecule has 0 aromatic carbocycles. The Kier molecular flexibility index (Phi) is 5.01. The number of halogens is 1.